The molecule has 1 atom stereocenters. The fourth-order valence-electron chi connectivity index (χ4n) is 1.32. The summed E-state index contributed by atoms with van der Waals surface area (Å²) in [6.07, 6.45) is 0.431. The van der Waals surface area contributed by atoms with Crippen LogP contribution in [0.3, 0.4) is 0 Å². The minimum Gasteiger partial charge on any atom is -0.393 e. The van der Waals surface area contributed by atoms with Crippen molar-refractivity contribution < 1.29 is 5.11 Å². The summed E-state index contributed by atoms with van der Waals surface area (Å²) in [7, 11) is -1.28. The highest BCUT2D eigenvalue weighted by molar-refractivity contribution is 6.83. The zero-order valence-electron chi connectivity index (χ0n) is 10.5. The molecular weight excluding hydrogens is 212 g/mol. The van der Waals surface area contributed by atoms with Crippen molar-refractivity contribution in [1.82, 2.24) is 0 Å². The fourth-order valence-corrected chi connectivity index (χ4v) is 1.84. The molecule has 1 rings (SSSR count). The Labute approximate surface area is 99.5 Å². The molecule has 0 amide bonds. The number of hydrogen-bond acceptors (Lipinski definition) is 1. The molecule has 0 saturated carbocycles. The van der Waals surface area contributed by atoms with Gasteiger partial charge in [-0.1, -0.05) is 37.7 Å². The molecule has 1 aromatic carbocycles. The second-order valence-electron chi connectivity index (χ2n) is 5.25. The summed E-state index contributed by atoms with van der Waals surface area (Å²) in [5, 5.41) is 9.26. The van der Waals surface area contributed by atoms with Gasteiger partial charge in [0.15, 0.2) is 0 Å². The van der Waals surface area contributed by atoms with Gasteiger partial charge in [0.1, 0.15) is 8.07 Å². The Morgan fingerprint density at radius 1 is 1.19 bits per heavy atom. The van der Waals surface area contributed by atoms with E-state index in [0.717, 1.165) is 11.1 Å². The van der Waals surface area contributed by atoms with Gasteiger partial charge < -0.3 is 5.11 Å². The first kappa shape index (κ1) is 13.0. The van der Waals surface area contributed by atoms with E-state index in [2.05, 4.69) is 31.1 Å². The third kappa shape index (κ3) is 5.15. The average Bonchev–Trinajstić information content (AvgIpc) is 2.14. The van der Waals surface area contributed by atoms with Crippen LogP contribution >= 0.6 is 0 Å². The molecule has 1 N–H and O–H groups in total. The topological polar surface area (TPSA) is 20.2 Å². The zero-order chi connectivity index (χ0) is 12.2. The molecule has 0 bridgehead atoms. The van der Waals surface area contributed by atoms with Gasteiger partial charge in [0.2, 0.25) is 0 Å². The van der Waals surface area contributed by atoms with Crippen LogP contribution in [-0.4, -0.2) is 19.3 Å². The predicted molar refractivity (Wildman–Crippen MR) is 72.1 cm³/mol. The van der Waals surface area contributed by atoms with Gasteiger partial charge in [-0.15, -0.1) is 5.54 Å². The van der Waals surface area contributed by atoms with E-state index in [-0.39, 0.29) is 6.10 Å². The van der Waals surface area contributed by atoms with Gasteiger partial charge in [-0.3, -0.25) is 0 Å². The van der Waals surface area contributed by atoms with Crippen LogP contribution < -0.4 is 0 Å². The van der Waals surface area contributed by atoms with E-state index in [0.29, 0.717) is 6.42 Å². The summed E-state index contributed by atoms with van der Waals surface area (Å²) in [6, 6.07) is 8.15. The first-order valence-corrected chi connectivity index (χ1v) is 9.17. The van der Waals surface area contributed by atoms with Crippen LogP contribution in [0.4, 0.5) is 0 Å². The third-order valence-electron chi connectivity index (χ3n) is 2.07. The summed E-state index contributed by atoms with van der Waals surface area (Å²) in [5.41, 5.74) is 5.57. The molecule has 0 aliphatic rings. The van der Waals surface area contributed by atoms with Crippen molar-refractivity contribution in [3.8, 4) is 11.5 Å². The fraction of sp³-hybridized carbons (Fsp3) is 0.429. The molecule has 0 saturated heterocycles. The van der Waals surface area contributed by atoms with Crippen molar-refractivity contribution in [1.29, 1.82) is 0 Å². The summed E-state index contributed by atoms with van der Waals surface area (Å²) in [4.78, 5) is 0. The molecule has 0 fully saturated rings. The minimum absolute atomic E-state index is 0.279. The monoisotopic (exact) mass is 232 g/mol. The van der Waals surface area contributed by atoms with Crippen LogP contribution in [0.25, 0.3) is 0 Å². The van der Waals surface area contributed by atoms with Crippen molar-refractivity contribution in [2.24, 2.45) is 0 Å². The lowest BCUT2D eigenvalue weighted by molar-refractivity contribution is 0.195. The lowest BCUT2D eigenvalue weighted by atomic mass is 10.1. The summed E-state index contributed by atoms with van der Waals surface area (Å²) < 4.78 is 0. The molecule has 1 unspecified atom stereocenters. The largest absolute Gasteiger partial charge is 0.393 e. The van der Waals surface area contributed by atoms with Crippen LogP contribution in [-0.2, 0) is 6.42 Å². The number of hydrogen-bond donors (Lipinski definition) is 1. The maximum Gasteiger partial charge on any atom is 0.129 e. The van der Waals surface area contributed by atoms with Gasteiger partial charge in [0.25, 0.3) is 0 Å². The Morgan fingerprint density at radius 3 is 2.19 bits per heavy atom. The lowest BCUT2D eigenvalue weighted by Crippen LogP contribution is -2.16. The van der Waals surface area contributed by atoms with Gasteiger partial charge >= 0.3 is 0 Å². The predicted octanol–water partition coefficient (Wildman–Crippen LogP) is 2.84. The average molecular weight is 232 g/mol. The second kappa shape index (κ2) is 5.34. The maximum atomic E-state index is 9.26. The minimum atomic E-state index is -1.28. The quantitative estimate of drug-likeness (QED) is 0.614. The van der Waals surface area contributed by atoms with Crippen LogP contribution in [0.1, 0.15) is 18.1 Å². The highest BCUT2D eigenvalue weighted by atomic mass is 28.3. The van der Waals surface area contributed by atoms with E-state index in [1.54, 1.807) is 6.92 Å². The van der Waals surface area contributed by atoms with E-state index in [1.807, 2.05) is 24.3 Å². The molecule has 1 aromatic rings. The van der Waals surface area contributed by atoms with Gasteiger partial charge in [-0.05, 0) is 31.0 Å². The molecule has 2 heteroatoms. The van der Waals surface area contributed by atoms with E-state index < -0.39 is 8.07 Å². The van der Waals surface area contributed by atoms with Crippen molar-refractivity contribution in [2.75, 3.05) is 0 Å². The molecule has 0 spiro atoms. The van der Waals surface area contributed by atoms with Crippen molar-refractivity contribution in [3.05, 3.63) is 35.4 Å². The molecule has 86 valence electrons. The Morgan fingerprint density at radius 2 is 1.75 bits per heavy atom. The number of aliphatic hydroxyl groups excluding tert-OH is 1. The number of aliphatic hydroxyl groups is 1. The number of rotatable bonds is 2. The first-order chi connectivity index (χ1) is 7.37. The normalized spacial score (nSPS) is 12.8. The Hall–Kier alpha value is -1.04. The zero-order valence-corrected chi connectivity index (χ0v) is 11.5. The third-order valence-corrected chi connectivity index (χ3v) is 2.94. The van der Waals surface area contributed by atoms with Crippen molar-refractivity contribution in [3.63, 3.8) is 0 Å². The van der Waals surface area contributed by atoms with Crippen LogP contribution in [0.2, 0.25) is 19.6 Å². The van der Waals surface area contributed by atoms with Gasteiger partial charge in [0, 0.05) is 5.56 Å². The second-order valence-corrected chi connectivity index (χ2v) is 10.0. The Bertz CT molecular complexity index is 387. The summed E-state index contributed by atoms with van der Waals surface area (Å²) in [5.74, 6) is 3.21. The highest BCUT2D eigenvalue weighted by Gasteiger charge is 2.07. The molecule has 0 aromatic heterocycles. The van der Waals surface area contributed by atoms with E-state index >= 15 is 0 Å². The van der Waals surface area contributed by atoms with Crippen molar-refractivity contribution >= 4 is 8.07 Å². The number of benzene rings is 1. The van der Waals surface area contributed by atoms with Gasteiger partial charge in [-0.2, -0.15) is 0 Å². The SMILES string of the molecule is CC(O)Cc1ccc(C#C[Si](C)(C)C)cc1. The van der Waals surface area contributed by atoms with Gasteiger partial charge in [0.05, 0.1) is 6.10 Å². The van der Waals surface area contributed by atoms with Gasteiger partial charge in [-0.25, -0.2) is 0 Å². The van der Waals surface area contributed by atoms with E-state index in [1.165, 1.54) is 0 Å². The van der Waals surface area contributed by atoms with Crippen molar-refractivity contribution in [2.45, 2.75) is 39.1 Å². The Balaban J connectivity index is 2.75. The van der Waals surface area contributed by atoms with E-state index in [9.17, 15) is 5.11 Å². The molecule has 0 radical (unpaired) electrons. The van der Waals surface area contributed by atoms with Crippen LogP contribution in [0, 0.1) is 11.5 Å². The molecule has 16 heavy (non-hydrogen) atoms. The van der Waals surface area contributed by atoms with Crippen LogP contribution in [0.15, 0.2) is 24.3 Å². The van der Waals surface area contributed by atoms with E-state index in [4.69, 9.17) is 0 Å². The van der Waals surface area contributed by atoms with Crippen LogP contribution in [0.5, 0.6) is 0 Å². The standard InChI is InChI=1S/C14H20OSi/c1-12(15)11-14-7-5-13(6-8-14)9-10-16(2,3)4/h5-8,12,15H,11H2,1-4H3. The molecular formula is C14H20OSi. The smallest absolute Gasteiger partial charge is 0.129 e. The molecule has 0 heterocycles. The molecule has 1 nitrogen and oxygen atoms in total. The highest BCUT2D eigenvalue weighted by Crippen LogP contribution is 2.06. The lowest BCUT2D eigenvalue weighted by Gasteiger charge is -2.05. The molecule has 0 aliphatic heterocycles. The Kier molecular flexibility index (Phi) is 4.34. The first-order valence-electron chi connectivity index (χ1n) is 5.67. The summed E-state index contributed by atoms with van der Waals surface area (Å²) in [6.45, 7) is 8.52. The summed E-state index contributed by atoms with van der Waals surface area (Å²) >= 11 is 0. The maximum absolute atomic E-state index is 9.26. The molecule has 0 aliphatic carbocycles.